The number of hydrogen-bond donors (Lipinski definition) is 3. The summed E-state index contributed by atoms with van der Waals surface area (Å²) in [5.74, 6) is 6.10. The minimum absolute atomic E-state index is 0.497. The molecule has 0 bridgehead atoms. The van der Waals surface area contributed by atoms with Gasteiger partial charge in [-0.25, -0.2) is 5.84 Å². The van der Waals surface area contributed by atoms with Gasteiger partial charge in [-0.15, -0.1) is 0 Å². The molecule has 0 amide bonds. The summed E-state index contributed by atoms with van der Waals surface area (Å²) >= 11 is 0. The van der Waals surface area contributed by atoms with Crippen molar-refractivity contribution in [3.05, 3.63) is 0 Å². The number of nitrogens with two attached hydrogens (primary N) is 1. The first kappa shape index (κ1) is 14.2. The molecule has 90 valence electrons. The van der Waals surface area contributed by atoms with Crippen molar-refractivity contribution >= 4 is 5.96 Å². The van der Waals surface area contributed by atoms with Crippen LogP contribution in [-0.4, -0.2) is 18.5 Å². The molecule has 0 heterocycles. The summed E-state index contributed by atoms with van der Waals surface area (Å²) in [6.07, 6.45) is 6.03. The number of unbranched alkanes of at least 4 members (excludes halogenated alkanes) is 1. The zero-order valence-corrected chi connectivity index (χ0v) is 10.3. The first-order valence-corrected chi connectivity index (χ1v) is 6.06. The molecule has 1 unspecified atom stereocenters. The molecule has 1 atom stereocenters. The second kappa shape index (κ2) is 9.77. The van der Waals surface area contributed by atoms with Crippen LogP contribution in [0.3, 0.4) is 0 Å². The molecule has 0 aromatic carbocycles. The van der Waals surface area contributed by atoms with Gasteiger partial charge in [-0.2, -0.15) is 0 Å². The maximum Gasteiger partial charge on any atom is 0.205 e. The van der Waals surface area contributed by atoms with Crippen LogP contribution in [0.25, 0.3) is 0 Å². The van der Waals surface area contributed by atoms with Gasteiger partial charge < -0.3 is 5.32 Å². The van der Waals surface area contributed by atoms with Crippen LogP contribution in [0.1, 0.15) is 52.9 Å². The van der Waals surface area contributed by atoms with E-state index in [1.54, 1.807) is 0 Å². The van der Waals surface area contributed by atoms with E-state index < -0.39 is 0 Å². The van der Waals surface area contributed by atoms with Crippen LogP contribution in [0.5, 0.6) is 0 Å². The average Bonchev–Trinajstić information content (AvgIpc) is 2.25. The number of guanidine groups is 1. The van der Waals surface area contributed by atoms with E-state index in [4.69, 9.17) is 5.84 Å². The zero-order valence-electron chi connectivity index (χ0n) is 10.3. The summed E-state index contributed by atoms with van der Waals surface area (Å²) < 4.78 is 0. The monoisotopic (exact) mass is 214 g/mol. The largest absolute Gasteiger partial charge is 0.353 e. The van der Waals surface area contributed by atoms with E-state index in [1.165, 1.54) is 32.1 Å². The summed E-state index contributed by atoms with van der Waals surface area (Å²) in [7, 11) is 0. The molecule has 15 heavy (non-hydrogen) atoms. The third-order valence-corrected chi connectivity index (χ3v) is 2.34. The molecule has 0 saturated heterocycles. The SMILES string of the molecule is CCCCC(CCC)NC(=NCC)NN. The number of nitrogens with one attached hydrogen (secondary N) is 2. The molecule has 4 heteroatoms. The lowest BCUT2D eigenvalue weighted by molar-refractivity contribution is 0.489. The zero-order chi connectivity index (χ0) is 11.5. The second-order valence-electron chi connectivity index (χ2n) is 3.74. The fraction of sp³-hybridized carbons (Fsp3) is 0.909. The Morgan fingerprint density at radius 1 is 1.20 bits per heavy atom. The number of aliphatic imine (C=N–C) groups is 1. The molecule has 0 aliphatic rings. The maximum atomic E-state index is 5.39. The van der Waals surface area contributed by atoms with Crippen LogP contribution in [0, 0.1) is 0 Å². The van der Waals surface area contributed by atoms with E-state index in [1.807, 2.05) is 6.92 Å². The predicted octanol–water partition coefficient (Wildman–Crippen LogP) is 1.77. The first-order valence-electron chi connectivity index (χ1n) is 6.06. The van der Waals surface area contributed by atoms with Crippen molar-refractivity contribution in [2.75, 3.05) is 6.54 Å². The van der Waals surface area contributed by atoms with Gasteiger partial charge >= 0.3 is 0 Å². The summed E-state index contributed by atoms with van der Waals surface area (Å²) in [6.45, 7) is 7.16. The molecule has 0 fully saturated rings. The van der Waals surface area contributed by atoms with Gasteiger partial charge in [0.15, 0.2) is 0 Å². The lowest BCUT2D eigenvalue weighted by Gasteiger charge is -2.19. The minimum Gasteiger partial charge on any atom is -0.353 e. The molecule has 4 nitrogen and oxygen atoms in total. The van der Waals surface area contributed by atoms with Crippen LogP contribution in [0.15, 0.2) is 4.99 Å². The minimum atomic E-state index is 0.497. The molecular weight excluding hydrogens is 188 g/mol. The van der Waals surface area contributed by atoms with Crippen molar-refractivity contribution < 1.29 is 0 Å². The Morgan fingerprint density at radius 3 is 2.40 bits per heavy atom. The van der Waals surface area contributed by atoms with Gasteiger partial charge in [-0.05, 0) is 19.8 Å². The summed E-state index contributed by atoms with van der Waals surface area (Å²) in [5.41, 5.74) is 2.61. The smallest absolute Gasteiger partial charge is 0.205 e. The van der Waals surface area contributed by atoms with E-state index in [-0.39, 0.29) is 0 Å². The molecular formula is C11H26N4. The molecule has 0 aliphatic heterocycles. The average molecular weight is 214 g/mol. The van der Waals surface area contributed by atoms with E-state index >= 15 is 0 Å². The van der Waals surface area contributed by atoms with Crippen molar-refractivity contribution in [2.45, 2.75) is 58.9 Å². The molecule has 0 rings (SSSR count). The van der Waals surface area contributed by atoms with Crippen LogP contribution in [-0.2, 0) is 0 Å². The Hall–Kier alpha value is -0.770. The van der Waals surface area contributed by atoms with Crippen LogP contribution < -0.4 is 16.6 Å². The van der Waals surface area contributed by atoms with Gasteiger partial charge in [-0.1, -0.05) is 33.1 Å². The molecule has 0 aromatic rings. The highest BCUT2D eigenvalue weighted by Gasteiger charge is 2.08. The Kier molecular flexibility index (Phi) is 9.27. The second-order valence-corrected chi connectivity index (χ2v) is 3.74. The van der Waals surface area contributed by atoms with Gasteiger partial charge in [-0.3, -0.25) is 10.4 Å². The Labute approximate surface area is 93.7 Å². The molecule has 0 saturated carbocycles. The Balaban J connectivity index is 4.05. The van der Waals surface area contributed by atoms with Gasteiger partial charge in [0.1, 0.15) is 0 Å². The van der Waals surface area contributed by atoms with Crippen molar-refractivity contribution in [2.24, 2.45) is 10.8 Å². The highest BCUT2D eigenvalue weighted by Crippen LogP contribution is 2.06. The van der Waals surface area contributed by atoms with Crippen molar-refractivity contribution in [1.82, 2.24) is 10.7 Å². The van der Waals surface area contributed by atoms with E-state index in [0.29, 0.717) is 12.0 Å². The van der Waals surface area contributed by atoms with E-state index in [0.717, 1.165) is 6.54 Å². The third kappa shape index (κ3) is 7.19. The van der Waals surface area contributed by atoms with Crippen molar-refractivity contribution in [1.29, 1.82) is 0 Å². The molecule has 0 aromatic heterocycles. The van der Waals surface area contributed by atoms with Crippen molar-refractivity contribution in [3.8, 4) is 0 Å². The number of nitrogens with zero attached hydrogens (tertiary/aromatic N) is 1. The van der Waals surface area contributed by atoms with E-state index in [2.05, 4.69) is 29.6 Å². The summed E-state index contributed by atoms with van der Waals surface area (Å²) in [4.78, 5) is 4.24. The number of hydrazine groups is 1. The third-order valence-electron chi connectivity index (χ3n) is 2.34. The predicted molar refractivity (Wildman–Crippen MR) is 66.7 cm³/mol. The lowest BCUT2D eigenvalue weighted by Crippen LogP contribution is -2.46. The molecule has 0 radical (unpaired) electrons. The lowest BCUT2D eigenvalue weighted by atomic mass is 10.1. The molecule has 0 spiro atoms. The number of rotatable bonds is 7. The maximum absolute atomic E-state index is 5.39. The highest BCUT2D eigenvalue weighted by atomic mass is 15.3. The van der Waals surface area contributed by atoms with Gasteiger partial charge in [0.25, 0.3) is 0 Å². The quantitative estimate of drug-likeness (QED) is 0.262. The standard InChI is InChI=1S/C11H26N4/c1-4-7-9-10(8-5-2)14-11(15-12)13-6-3/h10H,4-9,12H2,1-3H3,(H2,13,14,15). The number of hydrogen-bond acceptors (Lipinski definition) is 2. The van der Waals surface area contributed by atoms with Gasteiger partial charge in [0.05, 0.1) is 0 Å². The normalized spacial score (nSPS) is 13.7. The molecule has 0 aliphatic carbocycles. The van der Waals surface area contributed by atoms with Crippen LogP contribution in [0.2, 0.25) is 0 Å². The summed E-state index contributed by atoms with van der Waals surface area (Å²) in [5, 5.41) is 3.35. The Morgan fingerprint density at radius 2 is 1.93 bits per heavy atom. The van der Waals surface area contributed by atoms with Crippen molar-refractivity contribution in [3.63, 3.8) is 0 Å². The fourth-order valence-electron chi connectivity index (χ4n) is 1.57. The van der Waals surface area contributed by atoms with Crippen LogP contribution in [0.4, 0.5) is 0 Å². The Bertz CT molecular complexity index is 168. The molecule has 4 N–H and O–H groups in total. The highest BCUT2D eigenvalue weighted by molar-refractivity contribution is 5.79. The van der Waals surface area contributed by atoms with Crippen LogP contribution >= 0.6 is 0 Å². The first-order chi connectivity index (χ1) is 7.28. The topological polar surface area (TPSA) is 62.4 Å². The fourth-order valence-corrected chi connectivity index (χ4v) is 1.57. The summed E-state index contributed by atoms with van der Waals surface area (Å²) in [6, 6.07) is 0.497. The van der Waals surface area contributed by atoms with Gasteiger partial charge in [0.2, 0.25) is 5.96 Å². The van der Waals surface area contributed by atoms with E-state index in [9.17, 15) is 0 Å². The van der Waals surface area contributed by atoms with Gasteiger partial charge in [0, 0.05) is 12.6 Å².